The average Bonchev–Trinajstić information content (AvgIpc) is 2.67. The second kappa shape index (κ2) is 9.94. The molecule has 1 aromatic carbocycles. The monoisotopic (exact) mass is 496 g/mol. The highest BCUT2D eigenvalue weighted by molar-refractivity contribution is 9.10. The van der Waals surface area contributed by atoms with Crippen molar-refractivity contribution in [3.8, 4) is 0 Å². The number of benzene rings is 1. The van der Waals surface area contributed by atoms with E-state index in [0.29, 0.717) is 17.6 Å². The second-order valence-electron chi connectivity index (χ2n) is 9.15. The first-order chi connectivity index (χ1) is 14.1. The van der Waals surface area contributed by atoms with Crippen LogP contribution in [0.3, 0.4) is 0 Å². The van der Waals surface area contributed by atoms with Crippen LogP contribution in [-0.2, 0) is 9.53 Å². The van der Waals surface area contributed by atoms with Gasteiger partial charge in [-0.05, 0) is 67.7 Å². The molecule has 2 aliphatic rings. The van der Waals surface area contributed by atoms with Gasteiger partial charge in [0.15, 0.2) is 0 Å². The van der Waals surface area contributed by atoms with E-state index < -0.39 is 5.60 Å². The minimum Gasteiger partial charge on any atom is -0.459 e. The zero-order valence-corrected chi connectivity index (χ0v) is 20.6. The van der Waals surface area contributed by atoms with Crippen LogP contribution in [0.15, 0.2) is 22.7 Å². The average molecular weight is 498 g/mol. The molecule has 6 nitrogen and oxygen atoms in total. The Morgan fingerprint density at radius 3 is 2.33 bits per heavy atom. The minimum absolute atomic E-state index is 0.124. The molecule has 0 bridgehead atoms. The zero-order chi connectivity index (χ0) is 21.9. The van der Waals surface area contributed by atoms with E-state index in [1.807, 2.05) is 32.9 Å². The summed E-state index contributed by atoms with van der Waals surface area (Å²) in [5.74, 6) is -0.124. The molecule has 2 fully saturated rings. The van der Waals surface area contributed by atoms with Gasteiger partial charge in [-0.2, -0.15) is 0 Å². The fraction of sp³-hybridized carbons (Fsp3) is 0.636. The molecule has 0 spiro atoms. The van der Waals surface area contributed by atoms with Gasteiger partial charge in [-0.25, -0.2) is 0 Å². The van der Waals surface area contributed by atoms with Gasteiger partial charge in [0.25, 0.3) is 0 Å². The van der Waals surface area contributed by atoms with E-state index in [0.717, 1.165) is 62.1 Å². The molecule has 2 saturated heterocycles. The lowest BCUT2D eigenvalue weighted by atomic mass is 10.0. The molecule has 3 rings (SSSR count). The van der Waals surface area contributed by atoms with Crippen molar-refractivity contribution in [3.63, 3.8) is 0 Å². The zero-order valence-electron chi connectivity index (χ0n) is 18.2. The van der Waals surface area contributed by atoms with Gasteiger partial charge < -0.3 is 15.4 Å². The quantitative estimate of drug-likeness (QED) is 0.496. The van der Waals surface area contributed by atoms with Gasteiger partial charge in [0, 0.05) is 55.3 Å². The number of halogens is 1. The summed E-state index contributed by atoms with van der Waals surface area (Å²) in [6, 6.07) is 6.70. The molecule has 0 aromatic heterocycles. The lowest BCUT2D eigenvalue weighted by Crippen LogP contribution is -2.53. The highest BCUT2D eigenvalue weighted by atomic mass is 79.9. The number of hydrogen-bond acceptors (Lipinski definition) is 6. The number of hydrogen-bond donors (Lipinski definition) is 1. The van der Waals surface area contributed by atoms with E-state index in [2.05, 4.69) is 36.7 Å². The molecular weight excluding hydrogens is 464 g/mol. The van der Waals surface area contributed by atoms with Crippen molar-refractivity contribution in [1.29, 1.82) is 0 Å². The number of carbonyl (C=O) groups is 1. The largest absolute Gasteiger partial charge is 0.459 e. The number of thiocarbonyl (C=S) groups is 1. The van der Waals surface area contributed by atoms with Crippen LogP contribution < -0.4 is 10.6 Å². The predicted octanol–water partition coefficient (Wildman–Crippen LogP) is 3.01. The first-order valence-electron chi connectivity index (χ1n) is 10.6. The summed E-state index contributed by atoms with van der Waals surface area (Å²) in [4.78, 5) is 19.7. The highest BCUT2D eigenvalue weighted by Crippen LogP contribution is 2.29. The maximum atomic E-state index is 12.1. The second-order valence-corrected chi connectivity index (χ2v) is 10.4. The summed E-state index contributed by atoms with van der Waals surface area (Å²) in [7, 11) is 0. The molecule has 8 heteroatoms. The predicted molar refractivity (Wildman–Crippen MR) is 129 cm³/mol. The topological polar surface area (TPSA) is 62.0 Å². The van der Waals surface area contributed by atoms with Crippen LogP contribution in [0.2, 0.25) is 0 Å². The third-order valence-corrected chi connectivity index (χ3v) is 6.60. The first-order valence-corrected chi connectivity index (χ1v) is 11.8. The number of piperidine rings is 1. The molecule has 2 heterocycles. The number of piperazine rings is 1. The van der Waals surface area contributed by atoms with Crippen LogP contribution in [0.25, 0.3) is 0 Å². The smallest absolute Gasteiger partial charge is 0.320 e. The number of ether oxygens (including phenoxy) is 1. The summed E-state index contributed by atoms with van der Waals surface area (Å²) < 4.78 is 6.49. The van der Waals surface area contributed by atoms with Gasteiger partial charge in [0.2, 0.25) is 0 Å². The van der Waals surface area contributed by atoms with Gasteiger partial charge in [-0.1, -0.05) is 12.2 Å². The normalized spacial score (nSPS) is 19.7. The van der Waals surface area contributed by atoms with E-state index in [9.17, 15) is 4.79 Å². The van der Waals surface area contributed by atoms with E-state index in [-0.39, 0.29) is 5.97 Å². The summed E-state index contributed by atoms with van der Waals surface area (Å²) in [6.45, 7) is 12.2. The van der Waals surface area contributed by atoms with Crippen LogP contribution in [-0.4, -0.2) is 78.2 Å². The molecule has 166 valence electrons. The molecule has 2 N–H and O–H groups in total. The Labute approximate surface area is 193 Å². The number of likely N-dealkylation sites (tertiary alicyclic amines) is 1. The number of carbonyl (C=O) groups excluding carboxylic acids is 1. The molecule has 30 heavy (non-hydrogen) atoms. The van der Waals surface area contributed by atoms with Crippen molar-refractivity contribution < 1.29 is 9.53 Å². The highest BCUT2D eigenvalue weighted by Gasteiger charge is 2.29. The third-order valence-electron chi connectivity index (χ3n) is 5.73. The Morgan fingerprint density at radius 1 is 1.17 bits per heavy atom. The van der Waals surface area contributed by atoms with Crippen LogP contribution in [0, 0.1) is 0 Å². The first kappa shape index (κ1) is 23.4. The van der Waals surface area contributed by atoms with Crippen molar-refractivity contribution in [2.24, 2.45) is 5.73 Å². The van der Waals surface area contributed by atoms with Crippen molar-refractivity contribution in [3.05, 3.63) is 28.2 Å². The Hall–Kier alpha value is -1.22. The fourth-order valence-electron chi connectivity index (χ4n) is 4.24. The third kappa shape index (κ3) is 6.39. The van der Waals surface area contributed by atoms with Gasteiger partial charge in [0.05, 0.1) is 12.2 Å². The molecule has 0 unspecified atom stereocenters. The van der Waals surface area contributed by atoms with Crippen LogP contribution in [0.5, 0.6) is 0 Å². The summed E-state index contributed by atoms with van der Waals surface area (Å²) in [6.07, 6.45) is 2.21. The van der Waals surface area contributed by atoms with Gasteiger partial charge in [-0.15, -0.1) is 0 Å². The van der Waals surface area contributed by atoms with Crippen LogP contribution in [0.4, 0.5) is 5.69 Å². The number of nitrogens with two attached hydrogens (primary N) is 1. The summed E-state index contributed by atoms with van der Waals surface area (Å²) in [5.41, 5.74) is 7.40. The summed E-state index contributed by atoms with van der Waals surface area (Å²) >= 11 is 8.74. The van der Waals surface area contributed by atoms with E-state index >= 15 is 0 Å². The number of rotatable bonds is 5. The number of esters is 1. The minimum atomic E-state index is -0.416. The fourth-order valence-corrected chi connectivity index (χ4v) is 5.00. The maximum absolute atomic E-state index is 12.1. The van der Waals surface area contributed by atoms with E-state index in [4.69, 9.17) is 22.7 Å². The molecule has 0 aliphatic carbocycles. The Balaban J connectivity index is 1.45. The Morgan fingerprint density at radius 2 is 1.80 bits per heavy atom. The van der Waals surface area contributed by atoms with Gasteiger partial charge in [0.1, 0.15) is 10.6 Å². The van der Waals surface area contributed by atoms with Crippen molar-refractivity contribution in [1.82, 2.24) is 9.80 Å². The van der Waals surface area contributed by atoms with Crippen molar-refractivity contribution in [2.45, 2.75) is 45.3 Å². The molecule has 0 amide bonds. The van der Waals surface area contributed by atoms with Crippen LogP contribution in [0.1, 0.15) is 39.2 Å². The maximum Gasteiger partial charge on any atom is 0.320 e. The molecule has 1 aromatic rings. The van der Waals surface area contributed by atoms with Crippen molar-refractivity contribution >= 4 is 44.8 Å². The van der Waals surface area contributed by atoms with E-state index in [1.54, 1.807) is 0 Å². The molecule has 0 saturated carbocycles. The Kier molecular flexibility index (Phi) is 7.76. The lowest BCUT2D eigenvalue weighted by molar-refractivity contribution is -0.156. The number of anilines is 1. The summed E-state index contributed by atoms with van der Waals surface area (Å²) in [5, 5.41) is 0. The van der Waals surface area contributed by atoms with E-state index in [1.165, 1.54) is 5.69 Å². The number of nitrogens with zero attached hydrogens (tertiary/aromatic N) is 3. The molecule has 0 radical (unpaired) electrons. The molecular formula is C22H33BrN4O2S. The van der Waals surface area contributed by atoms with Gasteiger partial charge in [-0.3, -0.25) is 14.6 Å². The van der Waals surface area contributed by atoms with Crippen molar-refractivity contribution in [2.75, 3.05) is 50.7 Å². The van der Waals surface area contributed by atoms with Gasteiger partial charge >= 0.3 is 5.97 Å². The lowest BCUT2D eigenvalue weighted by Gasteiger charge is -2.43. The van der Waals surface area contributed by atoms with Crippen LogP contribution >= 0.6 is 28.1 Å². The molecule has 0 atom stereocenters. The SMILES string of the molecule is CC(C)(C)OC(=O)CN1CCC(N2CCN(c3ccc(C(N)=S)cc3Br)CC2)CC1. The molecule has 2 aliphatic heterocycles. The Bertz CT molecular complexity index is 767. The standard InChI is InChI=1S/C22H33BrN4O2S/c1-22(2,3)29-20(28)15-25-8-6-17(7-9-25)26-10-12-27(13-11-26)19-5-4-16(21(24)30)14-18(19)23/h4-5,14,17H,6-13,15H2,1-3H3,(H2,24,30).